The molecule has 1 aromatic rings. The molecule has 0 spiro atoms. The second kappa shape index (κ2) is 4.26. The van der Waals surface area contributed by atoms with Gasteiger partial charge in [-0.2, -0.15) is 5.06 Å². The van der Waals surface area contributed by atoms with E-state index in [2.05, 4.69) is 0 Å². The summed E-state index contributed by atoms with van der Waals surface area (Å²) in [5.41, 5.74) is 0.0378. The van der Waals surface area contributed by atoms with Gasteiger partial charge in [-0.05, 0) is 0 Å². The van der Waals surface area contributed by atoms with Crippen LogP contribution in [0.2, 0.25) is 0 Å². The first kappa shape index (κ1) is 10.7. The SMILES string of the molecule is COc1cc(O)c(CN(C)O)c(F)c1. The molecule has 0 aliphatic heterocycles. The van der Waals surface area contributed by atoms with Crippen molar-refractivity contribution in [3.05, 3.63) is 23.5 Å². The molecule has 0 fully saturated rings. The predicted octanol–water partition coefficient (Wildman–Crippen LogP) is 1.36. The number of aromatic hydroxyl groups is 1. The molecule has 0 unspecified atom stereocenters. The summed E-state index contributed by atoms with van der Waals surface area (Å²) < 4.78 is 18.0. The Morgan fingerprint density at radius 1 is 1.50 bits per heavy atom. The fourth-order valence-electron chi connectivity index (χ4n) is 1.10. The van der Waals surface area contributed by atoms with E-state index >= 15 is 0 Å². The lowest BCUT2D eigenvalue weighted by atomic mass is 10.1. The van der Waals surface area contributed by atoms with Gasteiger partial charge in [0.05, 0.1) is 13.7 Å². The summed E-state index contributed by atoms with van der Waals surface area (Å²) in [6.07, 6.45) is 0. The summed E-state index contributed by atoms with van der Waals surface area (Å²) in [7, 11) is 2.75. The first-order valence-electron chi connectivity index (χ1n) is 4.00. The average Bonchev–Trinajstić information content (AvgIpc) is 2.10. The smallest absolute Gasteiger partial charge is 0.135 e. The van der Waals surface area contributed by atoms with Crippen LogP contribution in [-0.2, 0) is 6.54 Å². The molecule has 0 bridgehead atoms. The van der Waals surface area contributed by atoms with Gasteiger partial charge in [0, 0.05) is 24.7 Å². The summed E-state index contributed by atoms with van der Waals surface area (Å²) in [5.74, 6) is -0.602. The highest BCUT2D eigenvalue weighted by Crippen LogP contribution is 2.27. The molecule has 0 saturated heterocycles. The molecule has 0 aliphatic rings. The summed E-state index contributed by atoms with van der Waals surface area (Å²) in [6, 6.07) is 2.44. The molecule has 0 amide bonds. The number of rotatable bonds is 3. The molecule has 0 heterocycles. The van der Waals surface area contributed by atoms with Crippen LogP contribution >= 0.6 is 0 Å². The normalized spacial score (nSPS) is 10.6. The van der Waals surface area contributed by atoms with E-state index in [1.54, 1.807) is 0 Å². The van der Waals surface area contributed by atoms with Crippen LogP contribution < -0.4 is 4.74 Å². The number of phenols is 1. The highest BCUT2D eigenvalue weighted by Gasteiger charge is 2.11. The van der Waals surface area contributed by atoms with Gasteiger partial charge in [-0.25, -0.2) is 4.39 Å². The lowest BCUT2D eigenvalue weighted by Crippen LogP contribution is -2.13. The van der Waals surface area contributed by atoms with E-state index in [9.17, 15) is 9.50 Å². The van der Waals surface area contributed by atoms with Gasteiger partial charge in [0.25, 0.3) is 0 Å². The van der Waals surface area contributed by atoms with E-state index in [1.807, 2.05) is 0 Å². The van der Waals surface area contributed by atoms with Crippen LogP contribution in [-0.4, -0.2) is 29.5 Å². The number of hydrogen-bond acceptors (Lipinski definition) is 4. The van der Waals surface area contributed by atoms with Crippen LogP contribution in [0.25, 0.3) is 0 Å². The Hall–Kier alpha value is -1.33. The van der Waals surface area contributed by atoms with Gasteiger partial charge in [-0.3, -0.25) is 0 Å². The number of phenolic OH excluding ortho intramolecular Hbond substituents is 1. The molecule has 4 nitrogen and oxygen atoms in total. The topological polar surface area (TPSA) is 52.9 Å². The quantitative estimate of drug-likeness (QED) is 0.725. The molecule has 5 heteroatoms. The van der Waals surface area contributed by atoms with Gasteiger partial charge in [-0.15, -0.1) is 0 Å². The van der Waals surface area contributed by atoms with Crippen LogP contribution in [0.5, 0.6) is 11.5 Å². The minimum atomic E-state index is -0.609. The maximum atomic E-state index is 13.3. The Labute approximate surface area is 81.1 Å². The van der Waals surface area contributed by atoms with Gasteiger partial charge in [-0.1, -0.05) is 0 Å². The fraction of sp³-hybridized carbons (Fsp3) is 0.333. The maximum Gasteiger partial charge on any atom is 0.135 e. The highest BCUT2D eigenvalue weighted by molar-refractivity contribution is 5.40. The third-order valence-corrected chi connectivity index (χ3v) is 1.77. The molecular formula is C9H12FNO3. The van der Waals surface area contributed by atoms with E-state index < -0.39 is 5.82 Å². The van der Waals surface area contributed by atoms with E-state index in [4.69, 9.17) is 9.94 Å². The Balaban J connectivity index is 3.05. The maximum absolute atomic E-state index is 13.3. The third kappa shape index (κ3) is 2.34. The zero-order chi connectivity index (χ0) is 10.7. The standard InChI is InChI=1S/C9H12FNO3/c1-11(13)5-7-8(10)3-6(14-2)4-9(7)12/h3-4,12-13H,5H2,1-2H3. The molecule has 1 aromatic carbocycles. The number of benzene rings is 1. The molecule has 0 aromatic heterocycles. The largest absolute Gasteiger partial charge is 0.507 e. The molecule has 1 rings (SSSR count). The van der Waals surface area contributed by atoms with Crippen molar-refractivity contribution in [3.63, 3.8) is 0 Å². The number of hydroxylamine groups is 2. The number of halogens is 1. The van der Waals surface area contributed by atoms with Gasteiger partial charge in [0.15, 0.2) is 0 Å². The van der Waals surface area contributed by atoms with Crippen molar-refractivity contribution in [1.82, 2.24) is 5.06 Å². The highest BCUT2D eigenvalue weighted by atomic mass is 19.1. The van der Waals surface area contributed by atoms with E-state index in [1.165, 1.54) is 20.2 Å². The number of ether oxygens (including phenoxy) is 1. The van der Waals surface area contributed by atoms with E-state index in [0.717, 1.165) is 11.1 Å². The van der Waals surface area contributed by atoms with Crippen molar-refractivity contribution >= 4 is 0 Å². The van der Waals surface area contributed by atoms with Gasteiger partial charge < -0.3 is 15.1 Å². The Kier molecular flexibility index (Phi) is 3.27. The lowest BCUT2D eigenvalue weighted by Gasteiger charge is -2.11. The van der Waals surface area contributed by atoms with Crippen molar-refractivity contribution in [2.24, 2.45) is 0 Å². The van der Waals surface area contributed by atoms with Crippen LogP contribution in [0.15, 0.2) is 12.1 Å². The minimum absolute atomic E-state index is 0.0378. The minimum Gasteiger partial charge on any atom is -0.507 e. The molecular weight excluding hydrogens is 189 g/mol. The molecule has 78 valence electrons. The van der Waals surface area contributed by atoms with Crippen LogP contribution in [0.3, 0.4) is 0 Å². The average molecular weight is 201 g/mol. The Morgan fingerprint density at radius 3 is 2.57 bits per heavy atom. The molecule has 0 aliphatic carbocycles. The number of hydrogen-bond donors (Lipinski definition) is 2. The first-order valence-corrected chi connectivity index (χ1v) is 4.00. The molecule has 0 saturated carbocycles. The molecule has 14 heavy (non-hydrogen) atoms. The number of nitrogens with zero attached hydrogens (tertiary/aromatic N) is 1. The van der Waals surface area contributed by atoms with Crippen LogP contribution in [0.1, 0.15) is 5.56 Å². The van der Waals surface area contributed by atoms with Crippen molar-refractivity contribution in [1.29, 1.82) is 0 Å². The summed E-state index contributed by atoms with van der Waals surface area (Å²) in [4.78, 5) is 0. The van der Waals surface area contributed by atoms with Gasteiger partial charge in [0.1, 0.15) is 17.3 Å². The second-order valence-electron chi connectivity index (χ2n) is 2.92. The summed E-state index contributed by atoms with van der Waals surface area (Å²) in [5, 5.41) is 19.1. The zero-order valence-electron chi connectivity index (χ0n) is 7.99. The second-order valence-corrected chi connectivity index (χ2v) is 2.92. The first-order chi connectivity index (χ1) is 6.54. The summed E-state index contributed by atoms with van der Waals surface area (Å²) in [6.45, 7) is -0.0817. The van der Waals surface area contributed by atoms with Crippen molar-refractivity contribution in [2.75, 3.05) is 14.2 Å². The van der Waals surface area contributed by atoms with Crippen molar-refractivity contribution in [2.45, 2.75) is 6.54 Å². The van der Waals surface area contributed by atoms with Crippen molar-refractivity contribution < 1.29 is 19.4 Å². The molecule has 0 atom stereocenters. The number of methoxy groups -OCH3 is 1. The lowest BCUT2D eigenvalue weighted by molar-refractivity contribution is -0.0742. The fourth-order valence-corrected chi connectivity index (χ4v) is 1.10. The monoisotopic (exact) mass is 201 g/mol. The Bertz CT molecular complexity index is 305. The van der Waals surface area contributed by atoms with E-state index in [0.29, 0.717) is 0 Å². The summed E-state index contributed by atoms with van der Waals surface area (Å²) >= 11 is 0. The molecule has 2 N–H and O–H groups in total. The van der Waals surface area contributed by atoms with Gasteiger partial charge >= 0.3 is 0 Å². The third-order valence-electron chi connectivity index (χ3n) is 1.77. The van der Waals surface area contributed by atoms with E-state index in [-0.39, 0.29) is 23.6 Å². The van der Waals surface area contributed by atoms with Crippen LogP contribution in [0.4, 0.5) is 4.39 Å². The zero-order valence-corrected chi connectivity index (χ0v) is 7.99. The molecule has 0 radical (unpaired) electrons. The predicted molar refractivity (Wildman–Crippen MR) is 47.9 cm³/mol. The van der Waals surface area contributed by atoms with Crippen molar-refractivity contribution in [3.8, 4) is 11.5 Å². The van der Waals surface area contributed by atoms with Crippen LogP contribution in [0, 0.1) is 5.82 Å². The Morgan fingerprint density at radius 2 is 2.14 bits per heavy atom. The van der Waals surface area contributed by atoms with Gasteiger partial charge in [0.2, 0.25) is 0 Å².